The molecular formula is C20H28N4O4. The first-order valence-electron chi connectivity index (χ1n) is 10.3. The zero-order chi connectivity index (χ0) is 19.7. The van der Waals surface area contributed by atoms with Gasteiger partial charge in [-0.05, 0) is 31.6 Å². The number of rotatable bonds is 4. The van der Waals surface area contributed by atoms with Gasteiger partial charge in [0.1, 0.15) is 6.26 Å². The third-order valence-corrected chi connectivity index (χ3v) is 6.20. The molecule has 8 nitrogen and oxygen atoms in total. The molecule has 3 amide bonds. The SMILES string of the molecule is Cc1nc(C(=O)N2CCC(CN3CC(C(=O)N4CCCC4)CC3=O)CC2)co1. The summed E-state index contributed by atoms with van der Waals surface area (Å²) in [5.41, 5.74) is 0.355. The van der Waals surface area contributed by atoms with Crippen LogP contribution in [-0.2, 0) is 9.59 Å². The molecule has 8 heteroatoms. The van der Waals surface area contributed by atoms with E-state index in [-0.39, 0.29) is 23.6 Å². The summed E-state index contributed by atoms with van der Waals surface area (Å²) in [6.07, 6.45) is 5.61. The lowest BCUT2D eigenvalue weighted by atomic mass is 9.96. The van der Waals surface area contributed by atoms with E-state index in [2.05, 4.69) is 4.98 Å². The maximum Gasteiger partial charge on any atom is 0.275 e. The summed E-state index contributed by atoms with van der Waals surface area (Å²) < 4.78 is 5.13. The Hall–Kier alpha value is -2.38. The van der Waals surface area contributed by atoms with Crippen LogP contribution in [0.25, 0.3) is 0 Å². The molecule has 0 N–H and O–H groups in total. The molecule has 0 aliphatic carbocycles. The fourth-order valence-corrected chi connectivity index (χ4v) is 4.56. The Balaban J connectivity index is 1.26. The minimum atomic E-state index is -0.178. The summed E-state index contributed by atoms with van der Waals surface area (Å²) in [4.78, 5) is 47.1. The van der Waals surface area contributed by atoms with E-state index in [1.54, 1.807) is 11.8 Å². The normalized spacial score (nSPS) is 23.7. The Kier molecular flexibility index (Phi) is 5.37. The van der Waals surface area contributed by atoms with Crippen molar-refractivity contribution in [3.05, 3.63) is 17.8 Å². The largest absolute Gasteiger partial charge is 0.448 e. The van der Waals surface area contributed by atoms with Gasteiger partial charge in [0, 0.05) is 52.6 Å². The summed E-state index contributed by atoms with van der Waals surface area (Å²) in [6.45, 7) is 5.94. The molecule has 1 atom stereocenters. The molecule has 3 aliphatic rings. The highest BCUT2D eigenvalue weighted by Crippen LogP contribution is 2.26. The molecule has 0 spiro atoms. The molecule has 28 heavy (non-hydrogen) atoms. The molecule has 0 aromatic carbocycles. The second-order valence-corrected chi connectivity index (χ2v) is 8.22. The van der Waals surface area contributed by atoms with Crippen LogP contribution in [0, 0.1) is 18.8 Å². The van der Waals surface area contributed by atoms with Crippen LogP contribution >= 0.6 is 0 Å². The van der Waals surface area contributed by atoms with Gasteiger partial charge in [0.15, 0.2) is 11.6 Å². The molecule has 152 valence electrons. The van der Waals surface area contributed by atoms with E-state index >= 15 is 0 Å². The number of aryl methyl sites for hydroxylation is 1. The molecule has 3 saturated heterocycles. The molecule has 4 rings (SSSR count). The van der Waals surface area contributed by atoms with Crippen molar-refractivity contribution in [2.75, 3.05) is 39.3 Å². The molecule has 1 aromatic heterocycles. The van der Waals surface area contributed by atoms with Gasteiger partial charge in [0.2, 0.25) is 11.8 Å². The number of oxazole rings is 1. The van der Waals surface area contributed by atoms with E-state index in [0.717, 1.165) is 38.8 Å². The number of carbonyl (C=O) groups excluding carboxylic acids is 3. The smallest absolute Gasteiger partial charge is 0.275 e. The molecule has 1 aromatic rings. The van der Waals surface area contributed by atoms with Gasteiger partial charge >= 0.3 is 0 Å². The van der Waals surface area contributed by atoms with Crippen LogP contribution in [0.2, 0.25) is 0 Å². The predicted octanol–water partition coefficient (Wildman–Crippen LogP) is 1.31. The van der Waals surface area contributed by atoms with Gasteiger partial charge in [0.25, 0.3) is 5.91 Å². The average Bonchev–Trinajstić information content (AvgIpc) is 3.44. The third-order valence-electron chi connectivity index (χ3n) is 6.20. The first-order valence-corrected chi connectivity index (χ1v) is 10.3. The Labute approximate surface area is 164 Å². The fourth-order valence-electron chi connectivity index (χ4n) is 4.56. The van der Waals surface area contributed by atoms with Crippen LogP contribution < -0.4 is 0 Å². The summed E-state index contributed by atoms with van der Waals surface area (Å²) >= 11 is 0. The number of hydrogen-bond donors (Lipinski definition) is 0. The van der Waals surface area contributed by atoms with E-state index in [9.17, 15) is 14.4 Å². The summed E-state index contributed by atoms with van der Waals surface area (Å²) in [5.74, 6) is 0.828. The molecule has 3 aliphatic heterocycles. The maximum atomic E-state index is 12.6. The summed E-state index contributed by atoms with van der Waals surface area (Å²) in [5, 5.41) is 0. The lowest BCUT2D eigenvalue weighted by Crippen LogP contribution is -2.42. The van der Waals surface area contributed by atoms with Crippen LogP contribution in [0.3, 0.4) is 0 Å². The molecule has 0 saturated carbocycles. The van der Waals surface area contributed by atoms with Crippen molar-refractivity contribution in [1.29, 1.82) is 0 Å². The van der Waals surface area contributed by atoms with E-state index in [4.69, 9.17) is 4.42 Å². The van der Waals surface area contributed by atoms with E-state index in [0.29, 0.717) is 50.1 Å². The van der Waals surface area contributed by atoms with E-state index < -0.39 is 0 Å². The topological polar surface area (TPSA) is 87.0 Å². The van der Waals surface area contributed by atoms with Gasteiger partial charge in [0.05, 0.1) is 5.92 Å². The number of aromatic nitrogens is 1. The van der Waals surface area contributed by atoms with Gasteiger partial charge in [-0.2, -0.15) is 0 Å². The number of nitrogens with zero attached hydrogens (tertiary/aromatic N) is 4. The van der Waals surface area contributed by atoms with E-state index in [1.807, 2.05) is 9.80 Å². The van der Waals surface area contributed by atoms with Crippen LogP contribution in [-0.4, -0.2) is 76.7 Å². The highest BCUT2D eigenvalue weighted by atomic mass is 16.3. The standard InChI is InChI=1S/C20H28N4O4/c1-14-21-17(13-28-14)20(27)23-8-4-15(5-9-23)11-24-12-16(10-18(24)25)19(26)22-6-2-3-7-22/h13,15-16H,2-12H2,1H3. The monoisotopic (exact) mass is 388 g/mol. The molecule has 0 radical (unpaired) electrons. The number of carbonyl (C=O) groups is 3. The highest BCUT2D eigenvalue weighted by Gasteiger charge is 2.38. The fraction of sp³-hybridized carbons (Fsp3) is 0.700. The minimum Gasteiger partial charge on any atom is -0.448 e. The van der Waals surface area contributed by atoms with Gasteiger partial charge in [-0.1, -0.05) is 0 Å². The van der Waals surface area contributed by atoms with Gasteiger partial charge in [-0.3, -0.25) is 14.4 Å². The van der Waals surface area contributed by atoms with Crippen LogP contribution in [0.1, 0.15) is 48.5 Å². The Morgan fingerprint density at radius 3 is 2.50 bits per heavy atom. The number of likely N-dealkylation sites (tertiary alicyclic amines) is 3. The van der Waals surface area contributed by atoms with Crippen molar-refractivity contribution in [2.24, 2.45) is 11.8 Å². The quantitative estimate of drug-likeness (QED) is 0.776. The van der Waals surface area contributed by atoms with Gasteiger partial charge < -0.3 is 19.1 Å². The summed E-state index contributed by atoms with van der Waals surface area (Å²) in [7, 11) is 0. The third kappa shape index (κ3) is 3.91. The molecule has 3 fully saturated rings. The molecule has 0 bridgehead atoms. The van der Waals surface area contributed by atoms with Crippen LogP contribution in [0.4, 0.5) is 0 Å². The van der Waals surface area contributed by atoms with Crippen molar-refractivity contribution in [3.63, 3.8) is 0 Å². The van der Waals surface area contributed by atoms with Crippen molar-refractivity contribution < 1.29 is 18.8 Å². The second-order valence-electron chi connectivity index (χ2n) is 8.22. The summed E-state index contributed by atoms with van der Waals surface area (Å²) in [6, 6.07) is 0. The van der Waals surface area contributed by atoms with Crippen molar-refractivity contribution in [2.45, 2.75) is 39.0 Å². The number of piperidine rings is 1. The molecule has 4 heterocycles. The first kappa shape index (κ1) is 19.0. The highest BCUT2D eigenvalue weighted by molar-refractivity contribution is 5.92. The Morgan fingerprint density at radius 1 is 1.14 bits per heavy atom. The van der Waals surface area contributed by atoms with Gasteiger partial charge in [-0.15, -0.1) is 0 Å². The van der Waals surface area contributed by atoms with Crippen molar-refractivity contribution >= 4 is 17.7 Å². The number of amides is 3. The average molecular weight is 388 g/mol. The Morgan fingerprint density at radius 2 is 1.86 bits per heavy atom. The maximum absolute atomic E-state index is 12.6. The Bertz CT molecular complexity index is 747. The molecule has 1 unspecified atom stereocenters. The predicted molar refractivity (Wildman–Crippen MR) is 100 cm³/mol. The van der Waals surface area contributed by atoms with Crippen LogP contribution in [0.5, 0.6) is 0 Å². The van der Waals surface area contributed by atoms with Crippen LogP contribution in [0.15, 0.2) is 10.7 Å². The van der Waals surface area contributed by atoms with Crippen molar-refractivity contribution in [3.8, 4) is 0 Å². The minimum absolute atomic E-state index is 0.0918. The number of hydrogen-bond acceptors (Lipinski definition) is 5. The second kappa shape index (κ2) is 7.93. The lowest BCUT2D eigenvalue weighted by molar-refractivity contribution is -0.134. The van der Waals surface area contributed by atoms with Crippen molar-refractivity contribution in [1.82, 2.24) is 19.7 Å². The lowest BCUT2D eigenvalue weighted by Gasteiger charge is -2.33. The zero-order valence-corrected chi connectivity index (χ0v) is 16.4. The van der Waals surface area contributed by atoms with Gasteiger partial charge in [-0.25, -0.2) is 4.98 Å². The van der Waals surface area contributed by atoms with E-state index in [1.165, 1.54) is 6.26 Å². The molecular weight excluding hydrogens is 360 g/mol. The zero-order valence-electron chi connectivity index (χ0n) is 16.4. The first-order chi connectivity index (χ1) is 13.5.